The summed E-state index contributed by atoms with van der Waals surface area (Å²) in [6, 6.07) is 24.8. The number of nitrogens with two attached hydrogens (primary N) is 1. The molecule has 0 unspecified atom stereocenters. The molecule has 0 fully saturated rings. The van der Waals surface area contributed by atoms with E-state index >= 15 is 0 Å². The summed E-state index contributed by atoms with van der Waals surface area (Å²) in [5.74, 6) is -2.94. The molecule has 0 saturated heterocycles. The zero-order valence-corrected chi connectivity index (χ0v) is 29.1. The molecule has 0 heterocycles. The predicted molar refractivity (Wildman–Crippen MR) is 189 cm³/mol. The molecular formula is C39H50N4O6. The number of ketones is 1. The summed E-state index contributed by atoms with van der Waals surface area (Å²) >= 11 is 0. The SMILES string of the molecule is CC(C)C[C@H](NC(=O)[C@@H](CC(=O)[C@H](Cc1ccccc1)NC(=O)OC(C)(C)C)Cc1ccccc1)C(=O)N[C@@H](Cc1ccccc1)C(N)=O. The van der Waals surface area contributed by atoms with Crippen molar-refractivity contribution in [1.29, 1.82) is 0 Å². The minimum atomic E-state index is -0.987. The summed E-state index contributed by atoms with van der Waals surface area (Å²) in [7, 11) is 0. The second kappa shape index (κ2) is 18.5. The van der Waals surface area contributed by atoms with Gasteiger partial charge in [-0.15, -0.1) is 0 Å². The van der Waals surface area contributed by atoms with Crippen LogP contribution in [0.15, 0.2) is 91.0 Å². The lowest BCUT2D eigenvalue weighted by Crippen LogP contribution is -2.55. The number of amides is 4. The van der Waals surface area contributed by atoms with E-state index in [4.69, 9.17) is 10.5 Å². The van der Waals surface area contributed by atoms with Crippen molar-refractivity contribution in [2.45, 2.75) is 90.4 Å². The molecule has 10 nitrogen and oxygen atoms in total. The molecule has 10 heteroatoms. The largest absolute Gasteiger partial charge is 0.444 e. The zero-order valence-electron chi connectivity index (χ0n) is 29.1. The molecule has 3 rings (SSSR count). The van der Waals surface area contributed by atoms with Crippen molar-refractivity contribution in [3.05, 3.63) is 108 Å². The van der Waals surface area contributed by atoms with Gasteiger partial charge in [-0.3, -0.25) is 19.2 Å². The first-order valence-electron chi connectivity index (χ1n) is 16.7. The lowest BCUT2D eigenvalue weighted by Gasteiger charge is -2.27. The second-order valence-electron chi connectivity index (χ2n) is 13.8. The van der Waals surface area contributed by atoms with Gasteiger partial charge in [-0.25, -0.2) is 4.79 Å². The fraction of sp³-hybridized carbons (Fsp3) is 0.410. The zero-order chi connectivity index (χ0) is 36.0. The molecule has 0 aromatic heterocycles. The number of rotatable bonds is 17. The summed E-state index contributed by atoms with van der Waals surface area (Å²) in [5, 5.41) is 8.33. The van der Waals surface area contributed by atoms with Crippen LogP contribution in [0.4, 0.5) is 4.79 Å². The summed E-state index contributed by atoms with van der Waals surface area (Å²) in [4.78, 5) is 66.7. The Morgan fingerprint density at radius 3 is 1.53 bits per heavy atom. The summed E-state index contributed by atoms with van der Waals surface area (Å²) in [6.07, 6.45) is -0.0369. The van der Waals surface area contributed by atoms with Crippen LogP contribution in [0.5, 0.6) is 0 Å². The third-order valence-electron chi connectivity index (χ3n) is 7.79. The number of alkyl carbamates (subject to hydrolysis) is 1. The van der Waals surface area contributed by atoms with Crippen molar-refractivity contribution in [3.63, 3.8) is 0 Å². The van der Waals surface area contributed by atoms with Crippen molar-refractivity contribution >= 4 is 29.6 Å². The van der Waals surface area contributed by atoms with E-state index in [0.29, 0.717) is 0 Å². The number of hydrogen-bond acceptors (Lipinski definition) is 6. The second-order valence-corrected chi connectivity index (χ2v) is 13.8. The Labute approximate surface area is 289 Å². The smallest absolute Gasteiger partial charge is 0.408 e. The van der Waals surface area contributed by atoms with Crippen LogP contribution in [0.25, 0.3) is 0 Å². The van der Waals surface area contributed by atoms with Gasteiger partial charge in [-0.2, -0.15) is 0 Å². The maximum absolute atomic E-state index is 14.0. The minimum absolute atomic E-state index is 0.0136. The topological polar surface area (TPSA) is 157 Å². The molecule has 0 radical (unpaired) electrons. The van der Waals surface area contributed by atoms with Crippen molar-refractivity contribution in [2.75, 3.05) is 0 Å². The van der Waals surface area contributed by atoms with Gasteiger partial charge in [0.25, 0.3) is 0 Å². The van der Waals surface area contributed by atoms with E-state index in [1.165, 1.54) is 0 Å². The maximum atomic E-state index is 14.0. The van der Waals surface area contributed by atoms with Crippen LogP contribution in [0.3, 0.4) is 0 Å². The van der Waals surface area contributed by atoms with Crippen molar-refractivity contribution in [3.8, 4) is 0 Å². The summed E-state index contributed by atoms with van der Waals surface area (Å²) in [6.45, 7) is 9.04. The van der Waals surface area contributed by atoms with E-state index in [1.807, 2.05) is 105 Å². The number of ether oxygens (including phenoxy) is 1. The first-order chi connectivity index (χ1) is 23.2. The predicted octanol–water partition coefficient (Wildman–Crippen LogP) is 4.68. The van der Waals surface area contributed by atoms with Crippen molar-refractivity contribution < 1.29 is 28.7 Å². The maximum Gasteiger partial charge on any atom is 0.408 e. The highest BCUT2D eigenvalue weighted by molar-refractivity contribution is 5.95. The van der Waals surface area contributed by atoms with E-state index in [9.17, 15) is 24.0 Å². The van der Waals surface area contributed by atoms with Gasteiger partial charge in [0.1, 0.15) is 17.7 Å². The quantitative estimate of drug-likeness (QED) is 0.163. The highest BCUT2D eigenvalue weighted by Crippen LogP contribution is 2.18. The van der Waals surface area contributed by atoms with Gasteiger partial charge in [0.2, 0.25) is 17.7 Å². The third kappa shape index (κ3) is 13.9. The van der Waals surface area contributed by atoms with Crippen LogP contribution in [0, 0.1) is 11.8 Å². The van der Waals surface area contributed by atoms with Gasteiger partial charge in [0, 0.05) is 18.8 Å². The lowest BCUT2D eigenvalue weighted by molar-refractivity contribution is -0.134. The van der Waals surface area contributed by atoms with E-state index in [2.05, 4.69) is 16.0 Å². The Morgan fingerprint density at radius 1 is 0.633 bits per heavy atom. The molecule has 3 aromatic rings. The van der Waals surface area contributed by atoms with Crippen LogP contribution in [0.1, 0.15) is 64.2 Å². The fourth-order valence-electron chi connectivity index (χ4n) is 5.42. The summed E-state index contributed by atoms with van der Waals surface area (Å²) < 4.78 is 5.45. The molecule has 5 N–H and O–H groups in total. The average molecular weight is 671 g/mol. The molecule has 0 saturated carbocycles. The molecule has 0 spiro atoms. The Morgan fingerprint density at radius 2 is 1.08 bits per heavy atom. The van der Waals surface area contributed by atoms with Crippen molar-refractivity contribution in [2.24, 2.45) is 17.6 Å². The van der Waals surface area contributed by atoms with Crippen LogP contribution in [0.2, 0.25) is 0 Å². The van der Waals surface area contributed by atoms with E-state index in [-0.39, 0.29) is 43.8 Å². The van der Waals surface area contributed by atoms with Gasteiger partial charge in [0.05, 0.1) is 6.04 Å². The van der Waals surface area contributed by atoms with Crippen LogP contribution in [-0.2, 0) is 43.2 Å². The van der Waals surface area contributed by atoms with E-state index in [0.717, 1.165) is 16.7 Å². The highest BCUT2D eigenvalue weighted by atomic mass is 16.6. The first-order valence-corrected chi connectivity index (χ1v) is 16.7. The number of benzene rings is 3. The molecular weight excluding hydrogens is 620 g/mol. The molecule has 0 aliphatic heterocycles. The molecule has 262 valence electrons. The van der Waals surface area contributed by atoms with Crippen molar-refractivity contribution in [1.82, 2.24) is 16.0 Å². The van der Waals surface area contributed by atoms with Gasteiger partial charge in [-0.1, -0.05) is 105 Å². The lowest BCUT2D eigenvalue weighted by atomic mass is 9.89. The Bertz CT molecular complexity index is 1520. The monoisotopic (exact) mass is 670 g/mol. The molecule has 4 amide bonds. The number of carbonyl (C=O) groups excluding carboxylic acids is 5. The van der Waals surface area contributed by atoms with Crippen LogP contribution >= 0.6 is 0 Å². The standard InChI is InChI=1S/C39H50N4O6/c1-26(2)21-33(37(47)41-32(35(40)45)24-29-19-13-8-14-20-29)42-36(46)30(22-27-15-9-6-10-16-27)25-34(44)31(23-28-17-11-7-12-18-28)43-38(48)49-39(3,4)5/h6-20,26,30-33H,21-25H2,1-5H3,(H2,40,45)(H,41,47)(H,42,46)(H,43,48)/t30-,31+,32+,33+/m1/s1. The molecule has 4 atom stereocenters. The molecule has 0 bridgehead atoms. The number of hydrogen-bond donors (Lipinski definition) is 4. The Hall–Kier alpha value is -4.99. The average Bonchev–Trinajstić information content (AvgIpc) is 3.03. The third-order valence-corrected chi connectivity index (χ3v) is 7.79. The number of Topliss-reactive ketones (excluding diaryl/α,β-unsaturated/α-hetero) is 1. The van der Waals surface area contributed by atoms with E-state index < -0.39 is 53.5 Å². The number of carbonyl (C=O) groups is 5. The highest BCUT2D eigenvalue weighted by Gasteiger charge is 2.33. The van der Waals surface area contributed by atoms with Gasteiger partial charge >= 0.3 is 6.09 Å². The first kappa shape index (κ1) is 38.5. The summed E-state index contributed by atoms with van der Waals surface area (Å²) in [5.41, 5.74) is 7.36. The normalized spacial score (nSPS) is 13.8. The fourth-order valence-corrected chi connectivity index (χ4v) is 5.42. The number of primary amides is 1. The van der Waals surface area contributed by atoms with Gasteiger partial charge in [-0.05, 0) is 62.6 Å². The van der Waals surface area contributed by atoms with Gasteiger partial charge in [0.15, 0.2) is 5.78 Å². The van der Waals surface area contributed by atoms with Crippen LogP contribution < -0.4 is 21.7 Å². The molecule has 3 aromatic carbocycles. The molecule has 0 aliphatic carbocycles. The van der Waals surface area contributed by atoms with Gasteiger partial charge < -0.3 is 26.4 Å². The van der Waals surface area contributed by atoms with Crippen LogP contribution in [-0.4, -0.2) is 53.3 Å². The molecule has 0 aliphatic rings. The molecule has 49 heavy (non-hydrogen) atoms. The Balaban J connectivity index is 1.85. The Kier molecular flexibility index (Phi) is 14.5. The minimum Gasteiger partial charge on any atom is -0.444 e. The number of nitrogens with one attached hydrogen (secondary N) is 3. The van der Waals surface area contributed by atoms with E-state index in [1.54, 1.807) is 20.8 Å².